The zero-order valence-electron chi connectivity index (χ0n) is 22.4. The van der Waals surface area contributed by atoms with Crippen LogP contribution in [-0.4, -0.2) is 25.4 Å². The third-order valence-corrected chi connectivity index (χ3v) is 7.22. The number of alkyl halides is 3. The fourth-order valence-electron chi connectivity index (χ4n) is 4.74. The maximum absolute atomic E-state index is 13.7. The van der Waals surface area contributed by atoms with Crippen molar-refractivity contribution in [3.05, 3.63) is 117 Å². The van der Waals surface area contributed by atoms with E-state index < -0.39 is 29.5 Å². The lowest BCUT2D eigenvalue weighted by atomic mass is 10.0. The Kier molecular flexibility index (Phi) is 7.76. The summed E-state index contributed by atoms with van der Waals surface area (Å²) in [5.41, 5.74) is 7.70. The molecule has 1 amide bonds. The first-order valence-corrected chi connectivity index (χ1v) is 13.8. The number of carbonyl (C=O) groups excluding carboxylic acids is 1. The molecule has 10 nitrogen and oxygen atoms in total. The van der Waals surface area contributed by atoms with Gasteiger partial charge in [-0.3, -0.25) is 24.6 Å². The van der Waals surface area contributed by atoms with E-state index in [0.717, 1.165) is 5.56 Å². The Hall–Kier alpha value is -4.85. The highest BCUT2D eigenvalue weighted by Gasteiger charge is 2.34. The van der Waals surface area contributed by atoms with Crippen molar-refractivity contribution in [1.82, 2.24) is 30.5 Å². The molecule has 15 heteroatoms. The number of imidazole rings is 1. The monoisotopic (exact) mass is 640 g/mol. The number of aromatic amines is 1. The molecule has 3 aromatic carbocycles. The minimum absolute atomic E-state index is 0.0882. The highest BCUT2D eigenvalue weighted by Crippen LogP contribution is 2.33. The molecule has 224 valence electrons. The van der Waals surface area contributed by atoms with Crippen molar-refractivity contribution >= 4 is 51.5 Å². The standard InChI is InChI=1S/C29H21Cl2F3N8O2/c30-17-6-9-23(42-14-25(31)39-40-42)19(11-17)21-13-26(43)41(15-35-21)24(10-16-4-2-1-3-5-16)27(44)36-18-7-8-20-22(12-18)38-28(37-20)29(32,33)34/h1-9,11-15,24,39-40H,10H2,(H,36,44)(H,37,38)/t24-/m0/s1. The number of nitrogens with one attached hydrogen (secondary N) is 4. The molecule has 0 aliphatic carbocycles. The van der Waals surface area contributed by atoms with Gasteiger partial charge in [0.1, 0.15) is 11.2 Å². The molecule has 3 heterocycles. The number of halogens is 5. The molecule has 0 unspecified atom stereocenters. The van der Waals surface area contributed by atoms with Crippen molar-refractivity contribution in [2.24, 2.45) is 0 Å². The second-order valence-corrected chi connectivity index (χ2v) is 10.6. The van der Waals surface area contributed by atoms with Gasteiger partial charge in [-0.1, -0.05) is 53.5 Å². The summed E-state index contributed by atoms with van der Waals surface area (Å²) in [6.07, 6.45) is -1.64. The quantitative estimate of drug-likeness (QED) is 0.167. The predicted octanol–water partition coefficient (Wildman–Crippen LogP) is 5.75. The molecule has 0 radical (unpaired) electrons. The maximum Gasteiger partial charge on any atom is 0.449 e. The average molecular weight is 641 g/mol. The van der Waals surface area contributed by atoms with E-state index in [1.165, 1.54) is 35.2 Å². The molecule has 0 bridgehead atoms. The summed E-state index contributed by atoms with van der Waals surface area (Å²) >= 11 is 12.3. The van der Waals surface area contributed by atoms with Crippen LogP contribution in [0.15, 0.2) is 95.3 Å². The smallest absolute Gasteiger partial charge is 0.334 e. The number of anilines is 2. The van der Waals surface area contributed by atoms with E-state index in [2.05, 4.69) is 31.2 Å². The molecule has 0 saturated heterocycles. The minimum atomic E-state index is -4.65. The van der Waals surface area contributed by atoms with Crippen molar-refractivity contribution in [3.8, 4) is 11.3 Å². The fraction of sp³-hybridized carbons (Fsp3) is 0.103. The number of hydrogen-bond acceptors (Lipinski definition) is 7. The van der Waals surface area contributed by atoms with E-state index in [1.807, 2.05) is 18.2 Å². The number of hydrazine groups is 2. The summed E-state index contributed by atoms with van der Waals surface area (Å²) in [7, 11) is 0. The molecular formula is C29H21Cl2F3N8O2. The number of aromatic nitrogens is 4. The van der Waals surface area contributed by atoms with Crippen LogP contribution >= 0.6 is 23.2 Å². The first kappa shape index (κ1) is 29.2. The van der Waals surface area contributed by atoms with Crippen molar-refractivity contribution in [1.29, 1.82) is 0 Å². The minimum Gasteiger partial charge on any atom is -0.334 e. The van der Waals surface area contributed by atoms with Crippen LogP contribution in [0.2, 0.25) is 5.02 Å². The summed E-state index contributed by atoms with van der Waals surface area (Å²) in [5, 5.41) is 5.07. The van der Waals surface area contributed by atoms with E-state index >= 15 is 0 Å². The van der Waals surface area contributed by atoms with Gasteiger partial charge in [0.15, 0.2) is 0 Å². The van der Waals surface area contributed by atoms with Crippen LogP contribution in [0.4, 0.5) is 24.5 Å². The van der Waals surface area contributed by atoms with E-state index in [0.29, 0.717) is 27.1 Å². The van der Waals surface area contributed by atoms with Crippen LogP contribution in [0, 0.1) is 0 Å². The van der Waals surface area contributed by atoms with Gasteiger partial charge < -0.3 is 10.3 Å². The van der Waals surface area contributed by atoms with Gasteiger partial charge in [-0.25, -0.2) is 9.97 Å². The SMILES string of the molecule is O=C(Nc1ccc2nc(C(F)(F)F)[nH]c2c1)[C@H](Cc1ccccc1)n1cnc(-c2cc(Cl)ccc2N2C=C(Cl)NN2)cc1=O. The highest BCUT2D eigenvalue weighted by atomic mass is 35.5. The van der Waals surface area contributed by atoms with Crippen molar-refractivity contribution in [2.75, 3.05) is 10.3 Å². The molecule has 0 fully saturated rings. The van der Waals surface area contributed by atoms with Crippen LogP contribution < -0.4 is 26.8 Å². The highest BCUT2D eigenvalue weighted by molar-refractivity contribution is 6.31. The topological polar surface area (TPSA) is 120 Å². The van der Waals surface area contributed by atoms with Crippen LogP contribution in [-0.2, 0) is 17.4 Å². The Balaban J connectivity index is 1.34. The Morgan fingerprint density at radius 3 is 2.52 bits per heavy atom. The molecule has 1 atom stereocenters. The first-order chi connectivity index (χ1) is 21.0. The number of benzene rings is 3. The number of rotatable bonds is 7. The van der Waals surface area contributed by atoms with Crippen molar-refractivity contribution < 1.29 is 18.0 Å². The van der Waals surface area contributed by atoms with Gasteiger partial charge in [-0.15, -0.1) is 5.53 Å². The second kappa shape index (κ2) is 11.7. The lowest BCUT2D eigenvalue weighted by Crippen LogP contribution is -2.36. The Bertz CT molecular complexity index is 1960. The normalized spacial score (nSPS) is 13.9. The van der Waals surface area contributed by atoms with E-state index in [1.54, 1.807) is 41.5 Å². The first-order valence-electron chi connectivity index (χ1n) is 13.0. The lowest BCUT2D eigenvalue weighted by molar-refractivity contribution is -0.144. The molecule has 0 spiro atoms. The Labute approximate surface area is 257 Å². The van der Waals surface area contributed by atoms with Crippen molar-refractivity contribution in [3.63, 3.8) is 0 Å². The van der Waals surface area contributed by atoms with E-state index in [-0.39, 0.29) is 23.1 Å². The second-order valence-electron chi connectivity index (χ2n) is 9.77. The predicted molar refractivity (Wildman–Crippen MR) is 161 cm³/mol. The molecule has 6 rings (SSSR count). The van der Waals surface area contributed by atoms with E-state index in [4.69, 9.17) is 23.2 Å². The molecular weight excluding hydrogens is 620 g/mol. The maximum atomic E-state index is 13.7. The Morgan fingerprint density at radius 2 is 1.82 bits per heavy atom. The third-order valence-electron chi connectivity index (χ3n) is 6.80. The van der Waals surface area contributed by atoms with Gasteiger partial charge in [-0.2, -0.15) is 13.2 Å². The Morgan fingerprint density at radius 1 is 1.02 bits per heavy atom. The van der Waals surface area contributed by atoms with Gasteiger partial charge in [0.2, 0.25) is 11.7 Å². The summed E-state index contributed by atoms with van der Waals surface area (Å²) in [6, 6.07) is 18.5. The molecule has 4 N–H and O–H groups in total. The van der Waals surface area contributed by atoms with Gasteiger partial charge in [0, 0.05) is 28.8 Å². The molecule has 1 aliphatic heterocycles. The average Bonchev–Trinajstić information content (AvgIpc) is 3.63. The molecule has 0 saturated carbocycles. The van der Waals surface area contributed by atoms with Gasteiger partial charge >= 0.3 is 6.18 Å². The lowest BCUT2D eigenvalue weighted by Gasteiger charge is -2.21. The zero-order valence-corrected chi connectivity index (χ0v) is 23.9. The van der Waals surface area contributed by atoms with Crippen LogP contribution in [0.5, 0.6) is 0 Å². The number of amides is 1. The van der Waals surface area contributed by atoms with Crippen LogP contribution in [0.1, 0.15) is 17.4 Å². The van der Waals surface area contributed by atoms with Gasteiger partial charge in [0.05, 0.1) is 34.9 Å². The summed E-state index contributed by atoms with van der Waals surface area (Å²) in [6.45, 7) is 0. The number of carbonyl (C=O) groups is 1. The number of hydrogen-bond donors (Lipinski definition) is 4. The number of nitrogens with zero attached hydrogens (tertiary/aromatic N) is 4. The zero-order chi connectivity index (χ0) is 31.0. The summed E-state index contributed by atoms with van der Waals surface area (Å²) < 4.78 is 40.6. The van der Waals surface area contributed by atoms with Crippen molar-refractivity contribution in [2.45, 2.75) is 18.6 Å². The van der Waals surface area contributed by atoms with Gasteiger partial charge in [-0.05, 0) is 42.0 Å². The molecule has 1 aliphatic rings. The van der Waals surface area contributed by atoms with Crippen LogP contribution in [0.25, 0.3) is 22.3 Å². The largest absolute Gasteiger partial charge is 0.449 e. The molecule has 5 aromatic rings. The van der Waals surface area contributed by atoms with E-state index in [9.17, 15) is 22.8 Å². The number of H-pyrrole nitrogens is 1. The molecule has 44 heavy (non-hydrogen) atoms. The fourth-order valence-corrected chi connectivity index (χ4v) is 5.05. The summed E-state index contributed by atoms with van der Waals surface area (Å²) in [4.78, 5) is 37.5. The molecule has 2 aromatic heterocycles. The van der Waals surface area contributed by atoms with Crippen LogP contribution in [0.3, 0.4) is 0 Å². The van der Waals surface area contributed by atoms with Gasteiger partial charge in [0.25, 0.3) is 5.56 Å². The number of fused-ring (bicyclic) bond motifs is 1. The third kappa shape index (κ3) is 6.11. The summed E-state index contributed by atoms with van der Waals surface area (Å²) in [5.74, 6) is -1.72.